The third-order valence-electron chi connectivity index (χ3n) is 4.21. The molecule has 7 heteroatoms. The average Bonchev–Trinajstić information content (AvgIpc) is 3.13. The van der Waals surface area contributed by atoms with Crippen molar-refractivity contribution in [1.29, 1.82) is 0 Å². The van der Waals surface area contributed by atoms with Crippen LogP contribution >= 0.6 is 11.6 Å². The van der Waals surface area contributed by atoms with Crippen LogP contribution in [0.25, 0.3) is 5.69 Å². The number of aromatic nitrogens is 2. The number of benzene rings is 1. The second kappa shape index (κ2) is 6.04. The van der Waals surface area contributed by atoms with Crippen LogP contribution in [0, 0.1) is 5.92 Å². The van der Waals surface area contributed by atoms with Crippen LogP contribution in [0.15, 0.2) is 36.5 Å². The van der Waals surface area contributed by atoms with E-state index in [2.05, 4.69) is 5.10 Å². The maximum absolute atomic E-state index is 12.6. The number of carbonyl (C=O) groups excluding carboxylic acids is 1. The molecule has 1 aliphatic heterocycles. The normalized spacial score (nSPS) is 20.7. The van der Waals surface area contributed by atoms with E-state index in [1.807, 2.05) is 6.07 Å². The van der Waals surface area contributed by atoms with Crippen molar-refractivity contribution in [2.45, 2.75) is 19.4 Å². The molecule has 2 unspecified atom stereocenters. The Morgan fingerprint density at radius 1 is 1.35 bits per heavy atom. The Labute approximate surface area is 138 Å². The zero-order chi connectivity index (χ0) is 16.6. The van der Waals surface area contributed by atoms with Crippen molar-refractivity contribution in [3.63, 3.8) is 0 Å². The first kappa shape index (κ1) is 15.6. The molecule has 2 atom stereocenters. The number of aliphatic carboxylic acids is 1. The number of halogens is 1. The minimum atomic E-state index is -0.864. The summed E-state index contributed by atoms with van der Waals surface area (Å²) >= 11 is 5.96. The van der Waals surface area contributed by atoms with E-state index in [1.165, 1.54) is 0 Å². The maximum Gasteiger partial charge on any atom is 0.308 e. The SMILES string of the molecule is CC1C(C(=O)O)CCN1C(=O)c1ccn(-c2cccc(Cl)c2)n1. The van der Waals surface area contributed by atoms with Gasteiger partial charge >= 0.3 is 5.97 Å². The van der Waals surface area contributed by atoms with Crippen molar-refractivity contribution in [1.82, 2.24) is 14.7 Å². The molecule has 1 fully saturated rings. The zero-order valence-electron chi connectivity index (χ0n) is 12.5. The van der Waals surface area contributed by atoms with Gasteiger partial charge in [-0.05, 0) is 37.6 Å². The molecular formula is C16H16ClN3O3. The lowest BCUT2D eigenvalue weighted by atomic mass is 10.0. The fraction of sp³-hybridized carbons (Fsp3) is 0.312. The van der Waals surface area contributed by atoms with Crippen LogP contribution in [0.1, 0.15) is 23.8 Å². The highest BCUT2D eigenvalue weighted by Crippen LogP contribution is 2.26. The number of amides is 1. The summed E-state index contributed by atoms with van der Waals surface area (Å²) in [6, 6.07) is 8.45. The number of carboxylic acids is 1. The highest BCUT2D eigenvalue weighted by Gasteiger charge is 2.38. The molecule has 1 aliphatic rings. The van der Waals surface area contributed by atoms with Crippen molar-refractivity contribution in [2.75, 3.05) is 6.54 Å². The van der Waals surface area contributed by atoms with Crippen LogP contribution in [0.4, 0.5) is 0 Å². The second-order valence-electron chi connectivity index (χ2n) is 5.60. The Morgan fingerprint density at radius 2 is 2.13 bits per heavy atom. The van der Waals surface area contributed by atoms with Crippen LogP contribution in [0.3, 0.4) is 0 Å². The monoisotopic (exact) mass is 333 g/mol. The fourth-order valence-corrected chi connectivity index (χ4v) is 3.09. The summed E-state index contributed by atoms with van der Waals surface area (Å²) in [4.78, 5) is 25.3. The molecule has 0 aliphatic carbocycles. The molecule has 3 rings (SSSR count). The number of hydrogen-bond acceptors (Lipinski definition) is 3. The molecule has 6 nitrogen and oxygen atoms in total. The van der Waals surface area contributed by atoms with E-state index in [0.717, 1.165) is 5.69 Å². The molecule has 2 aromatic rings. The van der Waals surface area contributed by atoms with Gasteiger partial charge in [0.15, 0.2) is 5.69 Å². The van der Waals surface area contributed by atoms with E-state index in [9.17, 15) is 9.59 Å². The van der Waals surface area contributed by atoms with Gasteiger partial charge in [0.1, 0.15) is 0 Å². The molecule has 1 aromatic heterocycles. The van der Waals surface area contributed by atoms with Crippen molar-refractivity contribution < 1.29 is 14.7 Å². The van der Waals surface area contributed by atoms with E-state index in [0.29, 0.717) is 23.7 Å². The van der Waals surface area contributed by atoms with Crippen molar-refractivity contribution in [3.8, 4) is 5.69 Å². The van der Waals surface area contributed by atoms with Gasteiger partial charge in [0.05, 0.1) is 11.6 Å². The van der Waals surface area contributed by atoms with E-state index in [4.69, 9.17) is 16.7 Å². The number of hydrogen-bond donors (Lipinski definition) is 1. The topological polar surface area (TPSA) is 75.4 Å². The Balaban J connectivity index is 1.81. The van der Waals surface area contributed by atoms with Crippen molar-refractivity contribution in [3.05, 3.63) is 47.2 Å². The average molecular weight is 334 g/mol. The van der Waals surface area contributed by atoms with Gasteiger partial charge in [-0.25, -0.2) is 4.68 Å². The van der Waals surface area contributed by atoms with E-state index in [-0.39, 0.29) is 11.9 Å². The van der Waals surface area contributed by atoms with Crippen molar-refractivity contribution >= 4 is 23.5 Å². The summed E-state index contributed by atoms with van der Waals surface area (Å²) < 4.78 is 1.58. The molecule has 0 bridgehead atoms. The van der Waals surface area contributed by atoms with Gasteiger partial charge in [-0.2, -0.15) is 5.10 Å². The standard InChI is InChI=1S/C16H16ClN3O3/c1-10-13(16(22)23)5-7-19(10)15(21)14-6-8-20(18-14)12-4-2-3-11(17)9-12/h2-4,6,8-10,13H,5,7H2,1H3,(H,22,23). The third kappa shape index (κ3) is 2.94. The minimum Gasteiger partial charge on any atom is -0.481 e. The lowest BCUT2D eigenvalue weighted by molar-refractivity contribution is -0.142. The molecule has 1 aromatic carbocycles. The van der Waals surface area contributed by atoms with Gasteiger partial charge in [-0.3, -0.25) is 9.59 Å². The first-order valence-corrected chi connectivity index (χ1v) is 7.70. The highest BCUT2D eigenvalue weighted by molar-refractivity contribution is 6.30. The molecule has 0 saturated carbocycles. The summed E-state index contributed by atoms with van der Waals surface area (Å²) in [6.07, 6.45) is 2.16. The lowest BCUT2D eigenvalue weighted by Crippen LogP contribution is -2.37. The zero-order valence-corrected chi connectivity index (χ0v) is 13.3. The minimum absolute atomic E-state index is 0.248. The first-order chi connectivity index (χ1) is 11.0. The number of nitrogens with zero attached hydrogens (tertiary/aromatic N) is 3. The molecule has 1 N–H and O–H groups in total. The largest absolute Gasteiger partial charge is 0.481 e. The molecule has 120 valence electrons. The molecule has 0 spiro atoms. The quantitative estimate of drug-likeness (QED) is 0.936. The fourth-order valence-electron chi connectivity index (χ4n) is 2.90. The summed E-state index contributed by atoms with van der Waals surface area (Å²) in [7, 11) is 0. The maximum atomic E-state index is 12.6. The Hall–Kier alpha value is -2.34. The first-order valence-electron chi connectivity index (χ1n) is 7.33. The van der Waals surface area contributed by atoms with E-state index < -0.39 is 11.9 Å². The van der Waals surface area contributed by atoms with Crippen LogP contribution in [0.2, 0.25) is 5.02 Å². The van der Waals surface area contributed by atoms with Crippen LogP contribution in [-0.4, -0.2) is 44.3 Å². The predicted molar refractivity (Wildman–Crippen MR) is 84.8 cm³/mol. The Kier molecular flexibility index (Phi) is 4.09. The van der Waals surface area contributed by atoms with Crippen LogP contribution < -0.4 is 0 Å². The molecule has 0 radical (unpaired) electrons. The number of likely N-dealkylation sites (tertiary alicyclic amines) is 1. The van der Waals surface area contributed by atoms with Crippen LogP contribution in [0.5, 0.6) is 0 Å². The molecule has 1 saturated heterocycles. The number of carboxylic acid groups (broad SMARTS) is 1. The van der Waals surface area contributed by atoms with Gasteiger partial charge in [-0.1, -0.05) is 17.7 Å². The summed E-state index contributed by atoms with van der Waals surface area (Å²) in [5, 5.41) is 14.0. The number of carbonyl (C=O) groups is 2. The van der Waals surface area contributed by atoms with E-state index in [1.54, 1.807) is 47.0 Å². The Bertz CT molecular complexity index is 759. The number of rotatable bonds is 3. The van der Waals surface area contributed by atoms with Crippen LogP contribution in [-0.2, 0) is 4.79 Å². The molecule has 2 heterocycles. The smallest absolute Gasteiger partial charge is 0.308 e. The van der Waals surface area contributed by atoms with Gasteiger partial charge in [0.2, 0.25) is 0 Å². The van der Waals surface area contributed by atoms with Gasteiger partial charge in [0.25, 0.3) is 5.91 Å². The van der Waals surface area contributed by atoms with Gasteiger partial charge in [-0.15, -0.1) is 0 Å². The molecule has 1 amide bonds. The summed E-state index contributed by atoms with van der Waals surface area (Å²) in [5.74, 6) is -1.63. The predicted octanol–water partition coefficient (Wildman–Crippen LogP) is 2.46. The Morgan fingerprint density at radius 3 is 2.78 bits per heavy atom. The third-order valence-corrected chi connectivity index (χ3v) is 4.45. The highest BCUT2D eigenvalue weighted by atomic mass is 35.5. The van der Waals surface area contributed by atoms with E-state index >= 15 is 0 Å². The molecule has 23 heavy (non-hydrogen) atoms. The molecular weight excluding hydrogens is 318 g/mol. The van der Waals surface area contributed by atoms with Gasteiger partial charge in [0, 0.05) is 23.8 Å². The lowest BCUT2D eigenvalue weighted by Gasteiger charge is -2.22. The summed E-state index contributed by atoms with van der Waals surface area (Å²) in [6.45, 7) is 2.19. The van der Waals surface area contributed by atoms with Gasteiger partial charge < -0.3 is 10.0 Å². The van der Waals surface area contributed by atoms with Crippen molar-refractivity contribution in [2.24, 2.45) is 5.92 Å². The summed E-state index contributed by atoms with van der Waals surface area (Å²) in [5.41, 5.74) is 1.05. The second-order valence-corrected chi connectivity index (χ2v) is 6.03.